The third kappa shape index (κ3) is 6.10. The van der Waals surface area contributed by atoms with Crippen LogP contribution in [0.1, 0.15) is 27.2 Å². The molecule has 1 amide bonds. The van der Waals surface area contributed by atoms with Gasteiger partial charge in [-0.15, -0.1) is 0 Å². The fourth-order valence-corrected chi connectivity index (χ4v) is 5.16. The number of amides is 1. The molecular weight excluding hydrogens is 536 g/mol. The van der Waals surface area contributed by atoms with E-state index in [1.54, 1.807) is 43.6 Å². The van der Waals surface area contributed by atoms with Gasteiger partial charge in [-0.05, 0) is 38.5 Å². The quantitative estimate of drug-likeness (QED) is 0.432. The Hall–Kier alpha value is -3.97. The van der Waals surface area contributed by atoms with Crippen molar-refractivity contribution in [3.05, 3.63) is 36.5 Å². The molecule has 0 spiro atoms. The number of sulfone groups is 1. The molecule has 0 bridgehead atoms. The summed E-state index contributed by atoms with van der Waals surface area (Å²) in [5, 5.41) is 5.86. The molecule has 0 aromatic carbocycles. The van der Waals surface area contributed by atoms with Crippen LogP contribution < -0.4 is 25.0 Å². The molecule has 1 saturated heterocycles. The standard InChI is InChI=1S/C27H32N6O6S/c1-16(34)29-23-12-21(19(13-28-23)20-6-7-22-26(31-20)38-15-27(2,3)39-22)30-24-10-17(11-25(32-24)40(5,35)36)33-9-8-18(14-33)37-4/h6-7,10-13,18H,8-9,14-15H2,1-5H3,(H2,28,29,30,32,34)/t18-/m0/s1. The first-order chi connectivity index (χ1) is 18.9. The summed E-state index contributed by atoms with van der Waals surface area (Å²) in [5.41, 5.74) is 1.85. The number of aromatic nitrogens is 3. The van der Waals surface area contributed by atoms with Crippen LogP contribution in [0, 0.1) is 0 Å². The number of carbonyl (C=O) groups excluding carboxylic acids is 1. The minimum absolute atomic E-state index is 0.0603. The van der Waals surface area contributed by atoms with Crippen molar-refractivity contribution in [1.82, 2.24) is 15.0 Å². The van der Waals surface area contributed by atoms with E-state index in [1.165, 1.54) is 6.92 Å². The number of carbonyl (C=O) groups is 1. The molecule has 5 heterocycles. The summed E-state index contributed by atoms with van der Waals surface area (Å²) in [4.78, 5) is 27.2. The number of anilines is 4. The third-order valence-corrected chi connectivity index (χ3v) is 7.49. The molecule has 2 N–H and O–H groups in total. The lowest BCUT2D eigenvalue weighted by Gasteiger charge is -2.31. The maximum absolute atomic E-state index is 12.5. The summed E-state index contributed by atoms with van der Waals surface area (Å²) in [7, 11) is -1.95. The average Bonchev–Trinajstić information content (AvgIpc) is 3.37. The predicted molar refractivity (Wildman–Crippen MR) is 150 cm³/mol. The van der Waals surface area contributed by atoms with Gasteiger partial charge in [0.2, 0.25) is 5.91 Å². The second-order valence-electron chi connectivity index (χ2n) is 10.5. The molecule has 212 valence electrons. The molecule has 3 aromatic heterocycles. The molecule has 13 heteroatoms. The summed E-state index contributed by atoms with van der Waals surface area (Å²) < 4.78 is 42.4. The Morgan fingerprint density at radius 2 is 1.98 bits per heavy atom. The maximum atomic E-state index is 12.5. The van der Waals surface area contributed by atoms with Crippen molar-refractivity contribution in [3.63, 3.8) is 0 Å². The number of ether oxygens (including phenoxy) is 3. The Morgan fingerprint density at radius 1 is 1.18 bits per heavy atom. The summed E-state index contributed by atoms with van der Waals surface area (Å²) in [6.07, 6.45) is 3.58. The van der Waals surface area contributed by atoms with Crippen LogP contribution in [0.5, 0.6) is 11.6 Å². The molecule has 0 radical (unpaired) electrons. The fourth-order valence-electron chi connectivity index (χ4n) is 4.56. The molecule has 1 fully saturated rings. The van der Waals surface area contributed by atoms with Crippen molar-refractivity contribution in [3.8, 4) is 22.9 Å². The highest BCUT2D eigenvalue weighted by Crippen LogP contribution is 2.38. The highest BCUT2D eigenvalue weighted by Gasteiger charge is 2.30. The van der Waals surface area contributed by atoms with Gasteiger partial charge in [-0.25, -0.2) is 23.4 Å². The Balaban J connectivity index is 1.56. The van der Waals surface area contributed by atoms with Crippen molar-refractivity contribution < 1.29 is 27.4 Å². The normalized spacial score (nSPS) is 17.9. The van der Waals surface area contributed by atoms with Gasteiger partial charge < -0.3 is 29.7 Å². The van der Waals surface area contributed by atoms with Crippen molar-refractivity contribution in [2.24, 2.45) is 0 Å². The van der Waals surface area contributed by atoms with Gasteiger partial charge in [0.25, 0.3) is 5.88 Å². The van der Waals surface area contributed by atoms with Gasteiger partial charge in [-0.3, -0.25) is 4.79 Å². The van der Waals surface area contributed by atoms with Crippen molar-refractivity contribution in [1.29, 1.82) is 0 Å². The number of pyridine rings is 3. The Labute approximate surface area is 233 Å². The van der Waals surface area contributed by atoms with Gasteiger partial charge in [0.05, 0.1) is 17.5 Å². The topological polar surface area (TPSA) is 145 Å². The molecule has 12 nitrogen and oxygen atoms in total. The Kier molecular flexibility index (Phi) is 7.27. The zero-order chi connectivity index (χ0) is 28.7. The van der Waals surface area contributed by atoms with E-state index in [1.807, 2.05) is 13.8 Å². The molecule has 2 aliphatic rings. The minimum atomic E-state index is -3.62. The van der Waals surface area contributed by atoms with E-state index in [9.17, 15) is 13.2 Å². The summed E-state index contributed by atoms with van der Waals surface area (Å²) in [6.45, 7) is 6.94. The molecule has 0 unspecified atom stereocenters. The van der Waals surface area contributed by atoms with Crippen LogP contribution in [0.25, 0.3) is 11.3 Å². The number of fused-ring (bicyclic) bond motifs is 1. The molecule has 40 heavy (non-hydrogen) atoms. The van der Waals surface area contributed by atoms with Crippen LogP contribution in [-0.4, -0.2) is 74.0 Å². The van der Waals surface area contributed by atoms with E-state index >= 15 is 0 Å². The Morgan fingerprint density at radius 3 is 2.67 bits per heavy atom. The van der Waals surface area contributed by atoms with Gasteiger partial charge in [-0.2, -0.15) is 0 Å². The SMILES string of the molecule is CO[C@H]1CCN(c2cc(Nc3cc(NC(C)=O)ncc3-c3ccc4c(n3)OCC(C)(C)O4)nc(S(C)(=O)=O)c2)C1. The number of nitrogens with zero attached hydrogens (tertiary/aromatic N) is 4. The average molecular weight is 569 g/mol. The third-order valence-electron chi connectivity index (χ3n) is 6.52. The van der Waals surface area contributed by atoms with E-state index < -0.39 is 15.4 Å². The first kappa shape index (κ1) is 27.6. The lowest BCUT2D eigenvalue weighted by Crippen LogP contribution is -2.39. The van der Waals surface area contributed by atoms with E-state index in [-0.39, 0.29) is 17.0 Å². The van der Waals surface area contributed by atoms with Gasteiger partial charge >= 0.3 is 0 Å². The van der Waals surface area contributed by atoms with Gasteiger partial charge in [0.15, 0.2) is 20.6 Å². The van der Waals surface area contributed by atoms with Crippen molar-refractivity contribution in [2.45, 2.75) is 43.9 Å². The number of rotatable bonds is 7. The molecular formula is C27H32N6O6S. The van der Waals surface area contributed by atoms with E-state index in [4.69, 9.17) is 14.2 Å². The van der Waals surface area contributed by atoms with Crippen molar-refractivity contribution in [2.75, 3.05) is 48.6 Å². The summed E-state index contributed by atoms with van der Waals surface area (Å²) in [5.74, 6) is 1.21. The van der Waals surface area contributed by atoms with E-state index in [0.29, 0.717) is 59.0 Å². The summed E-state index contributed by atoms with van der Waals surface area (Å²) in [6, 6.07) is 8.56. The Bertz CT molecular complexity index is 1560. The number of methoxy groups -OCH3 is 1. The first-order valence-corrected chi connectivity index (χ1v) is 14.7. The second kappa shape index (κ2) is 10.5. The zero-order valence-corrected chi connectivity index (χ0v) is 23.8. The number of nitrogens with one attached hydrogen (secondary N) is 2. The van der Waals surface area contributed by atoms with Gasteiger partial charge in [-0.1, -0.05) is 0 Å². The van der Waals surface area contributed by atoms with Gasteiger partial charge in [0.1, 0.15) is 23.8 Å². The van der Waals surface area contributed by atoms with Crippen LogP contribution in [0.15, 0.2) is 41.6 Å². The molecule has 3 aromatic rings. The highest BCUT2D eigenvalue weighted by atomic mass is 32.2. The molecule has 2 aliphatic heterocycles. The minimum Gasteiger partial charge on any atom is -0.479 e. The largest absolute Gasteiger partial charge is 0.479 e. The molecule has 0 aliphatic carbocycles. The number of hydrogen-bond donors (Lipinski definition) is 2. The van der Waals surface area contributed by atoms with Crippen molar-refractivity contribution >= 4 is 38.8 Å². The fraction of sp³-hybridized carbons (Fsp3) is 0.407. The first-order valence-electron chi connectivity index (χ1n) is 12.8. The lowest BCUT2D eigenvalue weighted by molar-refractivity contribution is -0.114. The van der Waals surface area contributed by atoms with Crippen LogP contribution in [0.2, 0.25) is 0 Å². The smallest absolute Gasteiger partial charge is 0.257 e. The van der Waals surface area contributed by atoms with Crippen LogP contribution in [-0.2, 0) is 19.4 Å². The molecule has 5 rings (SSSR count). The number of hydrogen-bond acceptors (Lipinski definition) is 11. The molecule has 0 saturated carbocycles. The van der Waals surface area contributed by atoms with Crippen LogP contribution in [0.4, 0.5) is 23.0 Å². The monoisotopic (exact) mass is 568 g/mol. The lowest BCUT2D eigenvalue weighted by atomic mass is 10.1. The van der Waals surface area contributed by atoms with E-state index in [0.717, 1.165) is 19.2 Å². The predicted octanol–water partition coefficient (Wildman–Crippen LogP) is 3.42. The van der Waals surface area contributed by atoms with Crippen LogP contribution in [0.3, 0.4) is 0 Å². The summed E-state index contributed by atoms with van der Waals surface area (Å²) >= 11 is 0. The second-order valence-corrected chi connectivity index (χ2v) is 12.4. The van der Waals surface area contributed by atoms with Gasteiger partial charge in [0, 0.05) is 63.0 Å². The zero-order valence-electron chi connectivity index (χ0n) is 23.0. The maximum Gasteiger partial charge on any atom is 0.257 e. The van der Waals surface area contributed by atoms with E-state index in [2.05, 4.69) is 30.5 Å². The highest BCUT2D eigenvalue weighted by molar-refractivity contribution is 7.90. The molecule has 1 atom stereocenters. The van der Waals surface area contributed by atoms with Crippen LogP contribution >= 0.6 is 0 Å².